The van der Waals surface area contributed by atoms with Crippen LogP contribution in [0.2, 0.25) is 0 Å². The van der Waals surface area contributed by atoms with E-state index in [1.165, 1.54) is 12.1 Å². The van der Waals surface area contributed by atoms with E-state index in [2.05, 4.69) is 4.72 Å². The molecule has 2 aromatic carbocycles. The number of hydrogen-bond acceptors (Lipinski definition) is 5. The summed E-state index contributed by atoms with van der Waals surface area (Å²) in [6, 6.07) is 8.91. The highest BCUT2D eigenvalue weighted by atomic mass is 32.2. The number of benzene rings is 2. The monoisotopic (exact) mass is 403 g/mol. The van der Waals surface area contributed by atoms with Gasteiger partial charge in [-0.1, -0.05) is 12.5 Å². The number of rotatable bonds is 4. The first-order valence-corrected chi connectivity index (χ1v) is 10.7. The van der Waals surface area contributed by atoms with E-state index in [0.717, 1.165) is 38.2 Å². The topological polar surface area (TPSA) is 102 Å². The summed E-state index contributed by atoms with van der Waals surface area (Å²) in [7, 11) is -3.95. The summed E-state index contributed by atoms with van der Waals surface area (Å²) < 4.78 is 39.9. The Bertz CT molecular complexity index is 1040. The molecule has 1 saturated carbocycles. The Labute approximate surface area is 163 Å². The minimum Gasteiger partial charge on any atom is -0.478 e. The number of aryl methyl sites for hydroxylation is 1. The van der Waals surface area contributed by atoms with E-state index in [9.17, 15) is 18.3 Å². The predicted molar refractivity (Wildman–Crippen MR) is 102 cm³/mol. The number of carbonyl (C=O) groups is 1. The van der Waals surface area contributed by atoms with Gasteiger partial charge in [-0.2, -0.15) is 0 Å². The number of aromatic carboxylic acids is 1. The van der Waals surface area contributed by atoms with Crippen molar-refractivity contribution in [1.29, 1.82) is 0 Å². The zero-order chi connectivity index (χ0) is 19.9. The van der Waals surface area contributed by atoms with Crippen molar-refractivity contribution >= 4 is 21.7 Å². The van der Waals surface area contributed by atoms with Gasteiger partial charge in [-0.3, -0.25) is 4.72 Å². The Morgan fingerprint density at radius 3 is 2.46 bits per heavy atom. The lowest BCUT2D eigenvalue weighted by Crippen LogP contribution is -2.40. The molecule has 2 aliphatic rings. The van der Waals surface area contributed by atoms with E-state index in [0.29, 0.717) is 22.7 Å². The van der Waals surface area contributed by atoms with Gasteiger partial charge in [0.1, 0.15) is 0 Å². The summed E-state index contributed by atoms with van der Waals surface area (Å²) in [5.41, 5.74) is 0.771. The van der Waals surface area contributed by atoms with Gasteiger partial charge in [-0.25, -0.2) is 13.2 Å². The Hall–Kier alpha value is -2.74. The molecule has 28 heavy (non-hydrogen) atoms. The zero-order valence-electron chi connectivity index (χ0n) is 15.4. The molecule has 0 saturated heterocycles. The van der Waals surface area contributed by atoms with Gasteiger partial charge in [0.15, 0.2) is 11.5 Å². The van der Waals surface area contributed by atoms with Gasteiger partial charge in [0.2, 0.25) is 0 Å². The number of ether oxygens (including phenoxy) is 2. The molecule has 0 bridgehead atoms. The summed E-state index contributed by atoms with van der Waals surface area (Å²) >= 11 is 0. The highest BCUT2D eigenvalue weighted by Crippen LogP contribution is 2.46. The molecular formula is C20H21NO6S. The molecule has 1 heterocycles. The molecule has 2 N–H and O–H groups in total. The van der Waals surface area contributed by atoms with Crippen molar-refractivity contribution in [1.82, 2.24) is 0 Å². The second-order valence-corrected chi connectivity index (χ2v) is 8.91. The van der Waals surface area contributed by atoms with Gasteiger partial charge in [-0.05, 0) is 49.6 Å². The molecule has 1 aliphatic carbocycles. The normalized spacial score (nSPS) is 17.5. The number of sulfonamides is 1. The molecule has 1 fully saturated rings. The minimum absolute atomic E-state index is 0.0483. The molecule has 148 valence electrons. The number of fused-ring (bicyclic) bond motifs is 1. The van der Waals surface area contributed by atoms with Crippen molar-refractivity contribution in [2.24, 2.45) is 0 Å². The van der Waals surface area contributed by atoms with Crippen molar-refractivity contribution < 1.29 is 27.8 Å². The van der Waals surface area contributed by atoms with Gasteiger partial charge < -0.3 is 14.6 Å². The molecule has 1 aliphatic heterocycles. The maximum atomic E-state index is 12.7. The molecule has 0 atom stereocenters. The van der Waals surface area contributed by atoms with E-state index in [1.807, 2.05) is 0 Å². The molecule has 4 rings (SSSR count). The van der Waals surface area contributed by atoms with Gasteiger partial charge in [-0.15, -0.1) is 0 Å². The quantitative estimate of drug-likeness (QED) is 0.802. The number of carboxylic acids is 1. The Kier molecular flexibility index (Phi) is 4.45. The first kappa shape index (κ1) is 18.6. The third kappa shape index (κ3) is 3.40. The van der Waals surface area contributed by atoms with Crippen LogP contribution >= 0.6 is 0 Å². The van der Waals surface area contributed by atoms with Gasteiger partial charge in [0, 0.05) is 18.9 Å². The number of hydrogen-bond donors (Lipinski definition) is 2. The van der Waals surface area contributed by atoms with Gasteiger partial charge in [0.25, 0.3) is 15.8 Å². The lowest BCUT2D eigenvalue weighted by Gasteiger charge is -2.31. The molecule has 0 aromatic heterocycles. The van der Waals surface area contributed by atoms with Crippen LogP contribution < -0.4 is 14.2 Å². The van der Waals surface area contributed by atoms with Crippen molar-refractivity contribution in [2.45, 2.75) is 49.7 Å². The van der Waals surface area contributed by atoms with Crippen LogP contribution in [0.5, 0.6) is 11.5 Å². The number of anilines is 1. The summed E-state index contributed by atoms with van der Waals surface area (Å²) in [5.74, 6) is -0.688. The molecule has 0 radical (unpaired) electrons. The average Bonchev–Trinajstić information content (AvgIpc) is 2.98. The van der Waals surface area contributed by atoms with Crippen LogP contribution in [0, 0.1) is 6.92 Å². The second-order valence-electron chi connectivity index (χ2n) is 7.22. The van der Waals surface area contributed by atoms with Crippen LogP contribution in [-0.4, -0.2) is 25.3 Å². The zero-order valence-corrected chi connectivity index (χ0v) is 16.2. The highest BCUT2D eigenvalue weighted by Gasteiger charge is 2.42. The van der Waals surface area contributed by atoms with Crippen molar-refractivity contribution in [3.63, 3.8) is 0 Å². The van der Waals surface area contributed by atoms with E-state index in [4.69, 9.17) is 9.47 Å². The van der Waals surface area contributed by atoms with Crippen molar-refractivity contribution in [3.05, 3.63) is 47.5 Å². The van der Waals surface area contributed by atoms with Crippen LogP contribution in [0.4, 0.5) is 5.69 Å². The number of carboxylic acid groups (broad SMARTS) is 1. The largest absolute Gasteiger partial charge is 0.478 e. The molecule has 7 nitrogen and oxygen atoms in total. The molecule has 2 aromatic rings. The fourth-order valence-electron chi connectivity index (χ4n) is 3.66. The molecule has 0 unspecified atom stereocenters. The first-order valence-electron chi connectivity index (χ1n) is 9.17. The number of nitrogens with one attached hydrogen (secondary N) is 1. The standard InChI is InChI=1S/C20H21NO6S/c1-13-5-7-15(12-16(13)19(22)23)28(24,25)21-14-6-8-17-18(11-14)27-20(26-17)9-3-2-4-10-20/h5-8,11-12,21H,2-4,9-10H2,1H3,(H,22,23). The Morgan fingerprint density at radius 2 is 1.75 bits per heavy atom. The van der Waals surface area contributed by atoms with Crippen LogP contribution in [0.1, 0.15) is 48.0 Å². The molecule has 8 heteroatoms. The fraction of sp³-hybridized carbons (Fsp3) is 0.350. The van der Waals surface area contributed by atoms with Crippen molar-refractivity contribution in [3.8, 4) is 11.5 Å². The molecular weight excluding hydrogens is 382 g/mol. The maximum Gasteiger partial charge on any atom is 0.335 e. The summed E-state index contributed by atoms with van der Waals surface area (Å²) in [6.45, 7) is 1.62. The molecule has 0 amide bonds. The van der Waals surface area contributed by atoms with E-state index in [1.54, 1.807) is 25.1 Å². The molecule has 1 spiro atoms. The van der Waals surface area contributed by atoms with Crippen LogP contribution in [0.3, 0.4) is 0 Å². The SMILES string of the molecule is Cc1ccc(S(=O)(=O)Nc2ccc3c(c2)OC2(CCCCC2)O3)cc1C(=O)O. The average molecular weight is 403 g/mol. The van der Waals surface area contributed by atoms with E-state index >= 15 is 0 Å². The summed E-state index contributed by atoms with van der Waals surface area (Å²) in [4.78, 5) is 11.2. The minimum atomic E-state index is -3.95. The highest BCUT2D eigenvalue weighted by molar-refractivity contribution is 7.92. The second kappa shape index (κ2) is 6.70. The summed E-state index contributed by atoms with van der Waals surface area (Å²) in [6.07, 6.45) is 4.85. The smallest absolute Gasteiger partial charge is 0.335 e. The Morgan fingerprint density at radius 1 is 1.04 bits per heavy atom. The third-order valence-electron chi connectivity index (χ3n) is 5.15. The van der Waals surface area contributed by atoms with E-state index in [-0.39, 0.29) is 10.5 Å². The fourth-order valence-corrected chi connectivity index (χ4v) is 4.74. The van der Waals surface area contributed by atoms with E-state index < -0.39 is 21.8 Å². The predicted octanol–water partition coefficient (Wildman–Crippen LogP) is 3.93. The van der Waals surface area contributed by atoms with Gasteiger partial charge in [0.05, 0.1) is 16.1 Å². The Balaban J connectivity index is 1.58. The summed E-state index contributed by atoms with van der Waals surface area (Å²) in [5, 5.41) is 9.23. The maximum absolute atomic E-state index is 12.7. The lowest BCUT2D eigenvalue weighted by molar-refractivity contribution is -0.105. The first-order chi connectivity index (χ1) is 13.3. The van der Waals surface area contributed by atoms with Crippen molar-refractivity contribution in [2.75, 3.05) is 4.72 Å². The lowest BCUT2D eigenvalue weighted by atomic mass is 9.94. The van der Waals surface area contributed by atoms with Crippen LogP contribution in [-0.2, 0) is 10.0 Å². The third-order valence-corrected chi connectivity index (χ3v) is 6.53. The van der Waals surface area contributed by atoms with Crippen LogP contribution in [0.25, 0.3) is 0 Å². The van der Waals surface area contributed by atoms with Crippen LogP contribution in [0.15, 0.2) is 41.3 Å². The van der Waals surface area contributed by atoms with Gasteiger partial charge >= 0.3 is 5.97 Å².